The van der Waals surface area contributed by atoms with E-state index < -0.39 is 15.4 Å². The molecule has 1 aliphatic rings. The fourth-order valence-corrected chi connectivity index (χ4v) is 6.44. The number of hydrogen-bond acceptors (Lipinski definition) is 4. The first-order valence-electron chi connectivity index (χ1n) is 10.6. The highest BCUT2D eigenvalue weighted by Crippen LogP contribution is 2.34. The fourth-order valence-electron chi connectivity index (χ4n) is 4.43. The number of methoxy groups -OCH3 is 1. The second-order valence-electron chi connectivity index (χ2n) is 8.76. The Labute approximate surface area is 185 Å². The third-order valence-electron chi connectivity index (χ3n) is 6.02. The van der Waals surface area contributed by atoms with Gasteiger partial charge in [0.2, 0.25) is 15.9 Å². The molecule has 1 atom stereocenters. The number of amides is 1. The van der Waals surface area contributed by atoms with Crippen molar-refractivity contribution in [2.75, 3.05) is 20.2 Å². The van der Waals surface area contributed by atoms with Gasteiger partial charge in [0.25, 0.3) is 0 Å². The van der Waals surface area contributed by atoms with Crippen LogP contribution in [0.2, 0.25) is 0 Å². The molecule has 0 radical (unpaired) electrons. The monoisotopic (exact) mass is 444 g/mol. The summed E-state index contributed by atoms with van der Waals surface area (Å²) in [4.78, 5) is 13.4. The molecule has 0 bridgehead atoms. The number of sulfonamides is 1. The molecule has 2 aromatic carbocycles. The molecule has 0 aromatic heterocycles. The lowest BCUT2D eigenvalue weighted by molar-refractivity contribution is -0.132. The molecule has 1 N–H and O–H groups in total. The van der Waals surface area contributed by atoms with Crippen LogP contribution in [0.25, 0.3) is 0 Å². The second kappa shape index (κ2) is 9.01. The summed E-state index contributed by atoms with van der Waals surface area (Å²) in [6.45, 7) is 8.47. The number of ether oxygens (including phenoxy) is 1. The molecule has 0 aliphatic carbocycles. The molecule has 7 heteroatoms. The van der Waals surface area contributed by atoms with Gasteiger partial charge in [-0.3, -0.25) is 4.79 Å². The molecule has 0 saturated carbocycles. The third kappa shape index (κ3) is 4.93. The lowest BCUT2D eigenvalue weighted by atomic mass is 9.82. The third-order valence-corrected chi connectivity index (χ3v) is 8.18. The van der Waals surface area contributed by atoms with Gasteiger partial charge in [-0.05, 0) is 69.4 Å². The SMILES string of the molecule is COc1ccc(CNC(=O)[C@@]2(C)CCCN(S(=O)(=O)c3c(C)cc(C)cc3C)C2)cc1. The van der Waals surface area contributed by atoms with Crippen LogP contribution >= 0.6 is 0 Å². The minimum absolute atomic E-state index is 0.124. The van der Waals surface area contributed by atoms with E-state index in [9.17, 15) is 13.2 Å². The smallest absolute Gasteiger partial charge is 0.243 e. The van der Waals surface area contributed by atoms with Gasteiger partial charge >= 0.3 is 0 Å². The largest absolute Gasteiger partial charge is 0.497 e. The van der Waals surface area contributed by atoms with E-state index in [1.165, 1.54) is 4.31 Å². The Morgan fingerprint density at radius 2 is 1.74 bits per heavy atom. The van der Waals surface area contributed by atoms with Crippen LogP contribution in [0.1, 0.15) is 42.0 Å². The van der Waals surface area contributed by atoms with Crippen molar-refractivity contribution in [3.05, 3.63) is 58.7 Å². The first-order chi connectivity index (χ1) is 14.6. The van der Waals surface area contributed by atoms with Gasteiger partial charge in [0.15, 0.2) is 0 Å². The number of rotatable bonds is 6. The number of nitrogens with zero attached hydrogens (tertiary/aromatic N) is 1. The summed E-state index contributed by atoms with van der Waals surface area (Å²) in [5.74, 6) is 0.637. The number of nitrogens with one attached hydrogen (secondary N) is 1. The molecule has 1 amide bonds. The van der Waals surface area contributed by atoms with Gasteiger partial charge in [-0.25, -0.2) is 8.42 Å². The molecule has 2 aromatic rings. The van der Waals surface area contributed by atoms with Gasteiger partial charge in [-0.2, -0.15) is 4.31 Å². The Morgan fingerprint density at radius 1 is 1.13 bits per heavy atom. The quantitative estimate of drug-likeness (QED) is 0.737. The van der Waals surface area contributed by atoms with Gasteiger partial charge in [0, 0.05) is 19.6 Å². The number of benzene rings is 2. The summed E-state index contributed by atoms with van der Waals surface area (Å²) in [7, 11) is -2.07. The van der Waals surface area contributed by atoms with Crippen LogP contribution in [0.5, 0.6) is 5.75 Å². The molecule has 1 aliphatic heterocycles. The Morgan fingerprint density at radius 3 is 2.32 bits per heavy atom. The molecule has 0 spiro atoms. The van der Waals surface area contributed by atoms with E-state index in [1.807, 2.05) is 64.1 Å². The van der Waals surface area contributed by atoms with Crippen molar-refractivity contribution in [2.24, 2.45) is 5.41 Å². The summed E-state index contributed by atoms with van der Waals surface area (Å²) in [6.07, 6.45) is 1.30. The van der Waals surface area contributed by atoms with Gasteiger partial charge in [0.05, 0.1) is 17.4 Å². The molecule has 1 saturated heterocycles. The van der Waals surface area contributed by atoms with Crippen molar-refractivity contribution >= 4 is 15.9 Å². The average Bonchev–Trinajstić information content (AvgIpc) is 2.71. The van der Waals surface area contributed by atoms with Crippen molar-refractivity contribution in [1.82, 2.24) is 9.62 Å². The summed E-state index contributed by atoms with van der Waals surface area (Å²) in [6, 6.07) is 11.3. The molecule has 31 heavy (non-hydrogen) atoms. The Hall–Kier alpha value is -2.38. The lowest BCUT2D eigenvalue weighted by Crippen LogP contribution is -2.51. The van der Waals surface area contributed by atoms with Gasteiger partial charge < -0.3 is 10.1 Å². The van der Waals surface area contributed by atoms with Crippen LogP contribution in [0.3, 0.4) is 0 Å². The minimum atomic E-state index is -3.68. The molecule has 0 unspecified atom stereocenters. The molecule has 1 heterocycles. The number of carbonyl (C=O) groups excluding carboxylic acids is 1. The Bertz CT molecular complexity index is 1040. The molecular formula is C24H32N2O4S. The standard InChI is InChI=1S/C24H32N2O4S/c1-17-13-18(2)22(19(3)14-17)31(28,29)26-12-6-11-24(4,16-26)23(27)25-15-20-7-9-21(30-5)10-8-20/h7-10,13-14H,6,11-12,15-16H2,1-5H3,(H,25,27)/t24-/m0/s1. The second-order valence-corrected chi connectivity index (χ2v) is 10.6. The maximum atomic E-state index is 13.5. The van der Waals surface area contributed by atoms with Crippen LogP contribution in [0.4, 0.5) is 0 Å². The molecule has 3 rings (SSSR count). The highest BCUT2D eigenvalue weighted by atomic mass is 32.2. The van der Waals surface area contributed by atoms with Crippen molar-refractivity contribution < 1.29 is 17.9 Å². The normalized spacial score (nSPS) is 19.8. The lowest BCUT2D eigenvalue weighted by Gasteiger charge is -2.39. The van der Waals surface area contributed by atoms with Crippen LogP contribution in [0, 0.1) is 26.2 Å². The zero-order chi connectivity index (χ0) is 22.8. The topological polar surface area (TPSA) is 75.7 Å². The van der Waals surface area contributed by atoms with Crippen LogP contribution < -0.4 is 10.1 Å². The van der Waals surface area contributed by atoms with E-state index in [2.05, 4.69) is 5.32 Å². The number of aryl methyl sites for hydroxylation is 3. The van der Waals surface area contributed by atoms with Crippen LogP contribution in [0.15, 0.2) is 41.3 Å². The van der Waals surface area contributed by atoms with Crippen molar-refractivity contribution in [3.63, 3.8) is 0 Å². The first kappa shape index (κ1) is 23.3. The number of piperidine rings is 1. The van der Waals surface area contributed by atoms with Crippen LogP contribution in [-0.2, 0) is 21.4 Å². The summed E-state index contributed by atoms with van der Waals surface area (Å²) in [5, 5.41) is 2.99. The summed E-state index contributed by atoms with van der Waals surface area (Å²) < 4.78 is 33.6. The molecular weight excluding hydrogens is 412 g/mol. The number of carbonyl (C=O) groups is 1. The Kier molecular flexibility index (Phi) is 6.76. The molecule has 168 valence electrons. The van der Waals surface area contributed by atoms with Crippen LogP contribution in [-0.4, -0.2) is 38.8 Å². The maximum absolute atomic E-state index is 13.5. The van der Waals surface area contributed by atoms with E-state index in [-0.39, 0.29) is 12.5 Å². The summed E-state index contributed by atoms with van der Waals surface area (Å²) in [5.41, 5.74) is 2.71. The molecule has 1 fully saturated rings. The minimum Gasteiger partial charge on any atom is -0.497 e. The van der Waals surface area contributed by atoms with E-state index in [0.29, 0.717) is 30.8 Å². The fraction of sp³-hybridized carbons (Fsp3) is 0.458. The van der Waals surface area contributed by atoms with E-state index >= 15 is 0 Å². The van der Waals surface area contributed by atoms with E-state index in [1.54, 1.807) is 7.11 Å². The van der Waals surface area contributed by atoms with Gasteiger partial charge in [0.1, 0.15) is 5.75 Å². The number of hydrogen-bond donors (Lipinski definition) is 1. The zero-order valence-corrected chi connectivity index (χ0v) is 19.8. The van der Waals surface area contributed by atoms with Crippen molar-refractivity contribution in [3.8, 4) is 5.75 Å². The highest BCUT2D eigenvalue weighted by molar-refractivity contribution is 7.89. The first-order valence-corrected chi connectivity index (χ1v) is 12.0. The van der Waals surface area contributed by atoms with Gasteiger partial charge in [-0.1, -0.05) is 29.8 Å². The average molecular weight is 445 g/mol. The van der Waals surface area contributed by atoms with Gasteiger partial charge in [-0.15, -0.1) is 0 Å². The van der Waals surface area contributed by atoms with E-state index in [4.69, 9.17) is 4.74 Å². The predicted molar refractivity (Wildman–Crippen MR) is 122 cm³/mol. The highest BCUT2D eigenvalue weighted by Gasteiger charge is 2.42. The Balaban J connectivity index is 1.75. The zero-order valence-electron chi connectivity index (χ0n) is 19.0. The molecule has 6 nitrogen and oxygen atoms in total. The van der Waals surface area contributed by atoms with Crippen molar-refractivity contribution in [1.29, 1.82) is 0 Å². The van der Waals surface area contributed by atoms with Crippen molar-refractivity contribution in [2.45, 2.75) is 52.0 Å². The maximum Gasteiger partial charge on any atom is 0.243 e. The van der Waals surface area contributed by atoms with E-state index in [0.717, 1.165) is 28.0 Å². The summed E-state index contributed by atoms with van der Waals surface area (Å²) >= 11 is 0. The predicted octanol–water partition coefficient (Wildman–Crippen LogP) is 3.73.